The lowest BCUT2D eigenvalue weighted by Crippen LogP contribution is -2.48. The van der Waals surface area contributed by atoms with Gasteiger partial charge in [0.05, 0.1) is 0 Å². The lowest BCUT2D eigenvalue weighted by atomic mass is 10.1. The molecule has 1 aliphatic rings. The first-order valence-corrected chi connectivity index (χ1v) is 4.13. The Bertz CT molecular complexity index is 201. The van der Waals surface area contributed by atoms with Crippen LogP contribution in [-0.4, -0.2) is 31.1 Å². The van der Waals surface area contributed by atoms with Gasteiger partial charge >= 0.3 is 11.8 Å². The largest absolute Gasteiger partial charge is 0.381 e. The van der Waals surface area contributed by atoms with E-state index >= 15 is 0 Å². The van der Waals surface area contributed by atoms with Crippen LogP contribution >= 0.6 is 0 Å². The van der Waals surface area contributed by atoms with Crippen LogP contribution in [0.15, 0.2) is 0 Å². The van der Waals surface area contributed by atoms with Gasteiger partial charge < -0.3 is 10.1 Å². The summed E-state index contributed by atoms with van der Waals surface area (Å²) in [4.78, 5) is 21.7. The topological polar surface area (TPSA) is 93.5 Å². The quantitative estimate of drug-likeness (QED) is 0.197. The Hall–Kier alpha value is -1.14. The maximum Gasteiger partial charge on any atom is 0.323 e. The van der Waals surface area contributed by atoms with Gasteiger partial charge in [0.2, 0.25) is 0 Å². The fourth-order valence-corrected chi connectivity index (χ4v) is 1.16. The van der Waals surface area contributed by atoms with Gasteiger partial charge in [-0.15, -0.1) is 0 Å². The molecule has 1 fully saturated rings. The number of ether oxygens (including phenoxy) is 1. The summed E-state index contributed by atoms with van der Waals surface area (Å²) in [6, 6.07) is 0.0264. The molecule has 2 amide bonds. The minimum atomic E-state index is -0.813. The summed E-state index contributed by atoms with van der Waals surface area (Å²) >= 11 is 0. The van der Waals surface area contributed by atoms with Crippen LogP contribution in [0.25, 0.3) is 0 Å². The van der Waals surface area contributed by atoms with Gasteiger partial charge in [0, 0.05) is 19.3 Å². The van der Waals surface area contributed by atoms with Crippen LogP contribution in [-0.2, 0) is 14.3 Å². The Morgan fingerprint density at radius 2 is 1.85 bits per heavy atom. The van der Waals surface area contributed by atoms with Crippen LogP contribution in [0.5, 0.6) is 0 Å². The molecule has 0 radical (unpaired) electrons. The molecule has 0 atom stereocenters. The first kappa shape index (κ1) is 9.94. The normalized spacial score (nSPS) is 17.9. The number of rotatable bonds is 1. The molecule has 1 heterocycles. The van der Waals surface area contributed by atoms with Crippen LogP contribution in [0.2, 0.25) is 0 Å². The average Bonchev–Trinajstić information content (AvgIpc) is 2.18. The van der Waals surface area contributed by atoms with E-state index in [1.807, 2.05) is 0 Å². The van der Waals surface area contributed by atoms with Crippen molar-refractivity contribution in [3.05, 3.63) is 0 Å². The highest BCUT2D eigenvalue weighted by Gasteiger charge is 2.19. The van der Waals surface area contributed by atoms with Crippen molar-refractivity contribution < 1.29 is 14.3 Å². The molecule has 0 aliphatic carbocycles. The Labute approximate surface area is 75.8 Å². The predicted molar refractivity (Wildman–Crippen MR) is 44.3 cm³/mol. The lowest BCUT2D eigenvalue weighted by Gasteiger charge is -2.22. The van der Waals surface area contributed by atoms with Crippen molar-refractivity contribution in [2.45, 2.75) is 18.9 Å². The molecule has 0 unspecified atom stereocenters. The Kier molecular flexibility index (Phi) is 3.66. The van der Waals surface area contributed by atoms with Gasteiger partial charge in [0.25, 0.3) is 0 Å². The fraction of sp³-hybridized carbons (Fsp3) is 0.714. The molecule has 6 heteroatoms. The number of hydrogen-bond donors (Lipinski definition) is 3. The van der Waals surface area contributed by atoms with Crippen LogP contribution in [0.1, 0.15) is 12.8 Å². The van der Waals surface area contributed by atoms with Crippen molar-refractivity contribution in [1.82, 2.24) is 10.7 Å². The molecule has 0 saturated carbocycles. The fourth-order valence-electron chi connectivity index (χ4n) is 1.16. The van der Waals surface area contributed by atoms with E-state index in [0.29, 0.717) is 13.2 Å². The summed E-state index contributed by atoms with van der Waals surface area (Å²) in [6.45, 7) is 1.24. The van der Waals surface area contributed by atoms with Gasteiger partial charge in [-0.3, -0.25) is 15.0 Å². The number of carbonyl (C=O) groups is 2. The molecular weight excluding hydrogens is 174 g/mol. The Morgan fingerprint density at radius 1 is 1.23 bits per heavy atom. The standard InChI is InChI=1S/C7H13N3O3/c8-10-7(12)6(11)9-5-1-3-13-4-2-5/h5H,1-4,8H2,(H,9,11)(H,10,12). The molecule has 0 bridgehead atoms. The molecule has 0 aromatic carbocycles. The van der Waals surface area contributed by atoms with E-state index in [0.717, 1.165) is 12.8 Å². The second-order valence-corrected chi connectivity index (χ2v) is 2.83. The summed E-state index contributed by atoms with van der Waals surface area (Å²) in [5.41, 5.74) is 1.77. The van der Waals surface area contributed by atoms with Crippen LogP contribution < -0.4 is 16.6 Å². The van der Waals surface area contributed by atoms with Crippen molar-refractivity contribution in [2.24, 2.45) is 5.84 Å². The first-order valence-electron chi connectivity index (χ1n) is 4.13. The van der Waals surface area contributed by atoms with Crippen molar-refractivity contribution >= 4 is 11.8 Å². The van der Waals surface area contributed by atoms with Gasteiger partial charge in [-0.2, -0.15) is 0 Å². The summed E-state index contributed by atoms with van der Waals surface area (Å²) in [5.74, 6) is 3.29. The zero-order chi connectivity index (χ0) is 9.68. The maximum absolute atomic E-state index is 11.0. The SMILES string of the molecule is NNC(=O)C(=O)NC1CCOCC1. The van der Waals surface area contributed by atoms with E-state index in [1.54, 1.807) is 5.43 Å². The van der Waals surface area contributed by atoms with Gasteiger partial charge in [0.15, 0.2) is 0 Å². The number of nitrogens with one attached hydrogen (secondary N) is 2. The van der Waals surface area contributed by atoms with Gasteiger partial charge in [-0.1, -0.05) is 0 Å². The van der Waals surface area contributed by atoms with Crippen molar-refractivity contribution in [2.75, 3.05) is 13.2 Å². The average molecular weight is 187 g/mol. The molecule has 6 nitrogen and oxygen atoms in total. The van der Waals surface area contributed by atoms with Gasteiger partial charge in [-0.25, -0.2) is 5.84 Å². The second kappa shape index (κ2) is 4.78. The zero-order valence-electron chi connectivity index (χ0n) is 7.21. The minimum absolute atomic E-state index is 0.0264. The minimum Gasteiger partial charge on any atom is -0.381 e. The van der Waals surface area contributed by atoms with E-state index in [4.69, 9.17) is 10.6 Å². The van der Waals surface area contributed by atoms with Crippen molar-refractivity contribution in [3.8, 4) is 0 Å². The maximum atomic E-state index is 11.0. The highest BCUT2D eigenvalue weighted by atomic mass is 16.5. The third-order valence-corrected chi connectivity index (χ3v) is 1.89. The number of nitrogens with two attached hydrogens (primary N) is 1. The third-order valence-electron chi connectivity index (χ3n) is 1.89. The second-order valence-electron chi connectivity index (χ2n) is 2.83. The van der Waals surface area contributed by atoms with E-state index in [9.17, 15) is 9.59 Å². The number of hydrogen-bond acceptors (Lipinski definition) is 4. The van der Waals surface area contributed by atoms with Crippen LogP contribution in [0.4, 0.5) is 0 Å². The Morgan fingerprint density at radius 3 is 2.38 bits per heavy atom. The molecule has 1 saturated heterocycles. The molecule has 13 heavy (non-hydrogen) atoms. The van der Waals surface area contributed by atoms with Crippen molar-refractivity contribution in [1.29, 1.82) is 0 Å². The summed E-state index contributed by atoms with van der Waals surface area (Å²) < 4.78 is 5.09. The Balaban J connectivity index is 2.30. The molecule has 1 rings (SSSR count). The number of carbonyl (C=O) groups excluding carboxylic acids is 2. The van der Waals surface area contributed by atoms with Crippen LogP contribution in [0, 0.1) is 0 Å². The monoisotopic (exact) mass is 187 g/mol. The molecule has 0 aromatic heterocycles. The molecule has 4 N–H and O–H groups in total. The van der Waals surface area contributed by atoms with E-state index in [1.165, 1.54) is 0 Å². The first-order chi connectivity index (χ1) is 6.24. The highest BCUT2D eigenvalue weighted by molar-refractivity contribution is 6.34. The number of hydrazine groups is 1. The lowest BCUT2D eigenvalue weighted by molar-refractivity contribution is -0.140. The molecule has 74 valence electrons. The third kappa shape index (κ3) is 3.00. The predicted octanol–water partition coefficient (Wildman–Crippen LogP) is -1.73. The zero-order valence-corrected chi connectivity index (χ0v) is 7.21. The summed E-state index contributed by atoms with van der Waals surface area (Å²) in [6.07, 6.45) is 1.48. The van der Waals surface area contributed by atoms with Gasteiger partial charge in [-0.05, 0) is 12.8 Å². The van der Waals surface area contributed by atoms with Crippen molar-refractivity contribution in [3.63, 3.8) is 0 Å². The van der Waals surface area contributed by atoms with E-state index in [2.05, 4.69) is 5.32 Å². The molecule has 0 aromatic rings. The van der Waals surface area contributed by atoms with Crippen LogP contribution in [0.3, 0.4) is 0 Å². The summed E-state index contributed by atoms with van der Waals surface area (Å²) in [5, 5.41) is 2.56. The van der Waals surface area contributed by atoms with E-state index < -0.39 is 11.8 Å². The molecule has 1 aliphatic heterocycles. The summed E-state index contributed by atoms with van der Waals surface area (Å²) in [7, 11) is 0. The highest BCUT2D eigenvalue weighted by Crippen LogP contribution is 2.05. The van der Waals surface area contributed by atoms with E-state index in [-0.39, 0.29) is 6.04 Å². The molecular formula is C7H13N3O3. The smallest absolute Gasteiger partial charge is 0.323 e. The molecule has 0 spiro atoms. The number of amides is 2. The van der Waals surface area contributed by atoms with Gasteiger partial charge in [0.1, 0.15) is 0 Å².